The average molecular weight is 494 g/mol. The highest BCUT2D eigenvalue weighted by molar-refractivity contribution is 7.91. The summed E-state index contributed by atoms with van der Waals surface area (Å²) >= 11 is 5.71. The summed E-state index contributed by atoms with van der Waals surface area (Å²) in [6.07, 6.45) is -1.51. The van der Waals surface area contributed by atoms with Crippen molar-refractivity contribution in [3.8, 4) is 0 Å². The molecule has 4 aromatic rings. The molecule has 6 nitrogen and oxygen atoms in total. The Morgan fingerprint density at radius 1 is 1.03 bits per heavy atom. The van der Waals surface area contributed by atoms with Crippen molar-refractivity contribution >= 4 is 38.2 Å². The molecule has 2 N–H and O–H groups in total. The number of H-pyrrole nitrogens is 1. The van der Waals surface area contributed by atoms with Gasteiger partial charge in [0.15, 0.2) is 0 Å². The number of hydrogen-bond acceptors (Lipinski definition) is 4. The lowest BCUT2D eigenvalue weighted by Gasteiger charge is -2.11. The van der Waals surface area contributed by atoms with E-state index in [0.29, 0.717) is 23.4 Å². The summed E-state index contributed by atoms with van der Waals surface area (Å²) in [4.78, 5) is 18.6. The summed E-state index contributed by atoms with van der Waals surface area (Å²) in [5, 5.41) is 3.16. The van der Waals surface area contributed by atoms with Gasteiger partial charge in [-0.3, -0.25) is 9.78 Å². The molecule has 0 radical (unpaired) electrons. The summed E-state index contributed by atoms with van der Waals surface area (Å²) in [5.74, 6) is -0.360. The van der Waals surface area contributed by atoms with Gasteiger partial charge in [0.1, 0.15) is 5.69 Å². The van der Waals surface area contributed by atoms with Crippen LogP contribution in [0.5, 0.6) is 0 Å². The van der Waals surface area contributed by atoms with Gasteiger partial charge in [-0.1, -0.05) is 23.7 Å². The Kier molecular flexibility index (Phi) is 5.89. The molecule has 2 aromatic heterocycles. The number of benzene rings is 2. The van der Waals surface area contributed by atoms with Gasteiger partial charge in [0, 0.05) is 34.9 Å². The van der Waals surface area contributed by atoms with Gasteiger partial charge in [-0.2, -0.15) is 13.2 Å². The average Bonchev–Trinajstić information content (AvgIpc) is 3.21. The Morgan fingerprint density at radius 2 is 1.76 bits per heavy atom. The highest BCUT2D eigenvalue weighted by Crippen LogP contribution is 2.34. The number of carbonyl (C=O) groups excluding carboxylic acids is 1. The first-order chi connectivity index (χ1) is 15.5. The molecule has 0 saturated heterocycles. The molecular formula is C22H15ClF3N3O3S. The molecule has 4 rings (SSSR count). The molecule has 0 spiro atoms. The maximum Gasteiger partial charge on any atom is 0.416 e. The molecule has 11 heteroatoms. The first-order valence-corrected chi connectivity index (χ1v) is 11.3. The maximum atomic E-state index is 13.0. The van der Waals surface area contributed by atoms with Crippen molar-refractivity contribution in [2.75, 3.05) is 0 Å². The van der Waals surface area contributed by atoms with E-state index in [9.17, 15) is 26.4 Å². The van der Waals surface area contributed by atoms with Crippen LogP contribution in [0, 0.1) is 0 Å². The molecule has 1 amide bonds. The second kappa shape index (κ2) is 8.53. The molecule has 0 unspecified atom stereocenters. The zero-order valence-corrected chi connectivity index (χ0v) is 18.2. The van der Waals surface area contributed by atoms with E-state index >= 15 is 0 Å². The van der Waals surface area contributed by atoms with E-state index in [0.717, 1.165) is 17.0 Å². The minimum atomic E-state index is -4.74. The quantitative estimate of drug-likeness (QED) is 0.409. The van der Waals surface area contributed by atoms with Crippen molar-refractivity contribution in [1.82, 2.24) is 15.3 Å². The second-order valence-electron chi connectivity index (χ2n) is 7.15. The van der Waals surface area contributed by atoms with Gasteiger partial charge in [-0.15, -0.1) is 0 Å². The van der Waals surface area contributed by atoms with Crippen molar-refractivity contribution < 1.29 is 26.4 Å². The predicted octanol–water partition coefficient (Wildman–Crippen LogP) is 5.00. The van der Waals surface area contributed by atoms with Crippen molar-refractivity contribution in [1.29, 1.82) is 0 Å². The Hall–Kier alpha value is -3.37. The van der Waals surface area contributed by atoms with Gasteiger partial charge in [0.25, 0.3) is 5.91 Å². The van der Waals surface area contributed by atoms with Crippen LogP contribution in [0.1, 0.15) is 21.6 Å². The fourth-order valence-corrected chi connectivity index (χ4v) is 4.81. The van der Waals surface area contributed by atoms with Crippen LogP contribution in [0.3, 0.4) is 0 Å². The zero-order valence-electron chi connectivity index (χ0n) is 16.7. The lowest BCUT2D eigenvalue weighted by Crippen LogP contribution is -2.23. The molecule has 0 atom stereocenters. The van der Waals surface area contributed by atoms with Gasteiger partial charge < -0.3 is 10.3 Å². The largest absolute Gasteiger partial charge is 0.416 e. The first kappa shape index (κ1) is 22.8. The van der Waals surface area contributed by atoms with Crippen molar-refractivity contribution in [2.45, 2.75) is 22.5 Å². The number of halogens is 4. The van der Waals surface area contributed by atoms with Crippen LogP contribution in [-0.4, -0.2) is 24.3 Å². The number of pyridine rings is 1. The van der Waals surface area contributed by atoms with Gasteiger partial charge in [-0.05, 0) is 48.0 Å². The third kappa shape index (κ3) is 4.86. The van der Waals surface area contributed by atoms with Crippen LogP contribution in [-0.2, 0) is 22.6 Å². The van der Waals surface area contributed by atoms with Crippen LogP contribution >= 0.6 is 11.6 Å². The summed E-state index contributed by atoms with van der Waals surface area (Å²) in [5.41, 5.74) is 0.556. The minimum Gasteiger partial charge on any atom is -0.350 e. The highest BCUT2D eigenvalue weighted by Gasteiger charge is 2.32. The van der Waals surface area contributed by atoms with E-state index in [-0.39, 0.29) is 22.4 Å². The lowest BCUT2D eigenvalue weighted by atomic mass is 10.2. The molecule has 2 heterocycles. The number of nitrogens with zero attached hydrogens (tertiary/aromatic N) is 1. The second-order valence-corrected chi connectivity index (χ2v) is 9.54. The number of amides is 1. The van der Waals surface area contributed by atoms with Crippen LogP contribution < -0.4 is 5.32 Å². The number of nitrogens with one attached hydrogen (secondary N) is 2. The van der Waals surface area contributed by atoms with Crippen LogP contribution in [0.2, 0.25) is 5.02 Å². The molecule has 0 aliphatic rings. The number of alkyl halides is 3. The fourth-order valence-electron chi connectivity index (χ4n) is 3.18. The fraction of sp³-hybridized carbons (Fsp3) is 0.0909. The van der Waals surface area contributed by atoms with E-state index in [1.165, 1.54) is 24.3 Å². The Morgan fingerprint density at radius 3 is 2.42 bits per heavy atom. The Labute approximate surface area is 191 Å². The molecule has 170 valence electrons. The standard InChI is InChI=1S/C22H15ClF3N3O3S/c23-16-8-15(22(24,25)26)9-18(10-16)33(31,32)17-3-1-13(2-4-17)11-28-21(30)20-7-14-12-27-6-5-19(14)29-20/h1-10,12,29H,11H2,(H,28,30). The van der Waals surface area contributed by atoms with E-state index in [1.54, 1.807) is 24.5 Å². The van der Waals surface area contributed by atoms with E-state index in [1.807, 2.05) is 0 Å². The van der Waals surface area contributed by atoms with Crippen LogP contribution in [0.15, 0.2) is 76.8 Å². The molecule has 0 aliphatic carbocycles. The van der Waals surface area contributed by atoms with E-state index < -0.39 is 26.5 Å². The van der Waals surface area contributed by atoms with Gasteiger partial charge in [-0.25, -0.2) is 8.42 Å². The predicted molar refractivity (Wildman–Crippen MR) is 116 cm³/mol. The van der Waals surface area contributed by atoms with Crippen LogP contribution in [0.4, 0.5) is 13.2 Å². The molecule has 0 bridgehead atoms. The molecule has 2 aromatic carbocycles. The number of aromatic amines is 1. The first-order valence-electron chi connectivity index (χ1n) is 9.47. The normalized spacial score (nSPS) is 12.1. The summed E-state index contributed by atoms with van der Waals surface area (Å²) in [6, 6.07) is 11.0. The number of carbonyl (C=O) groups is 1. The number of sulfone groups is 1. The number of fused-ring (bicyclic) bond motifs is 1. The Balaban J connectivity index is 1.50. The van der Waals surface area contributed by atoms with Gasteiger partial charge in [0.2, 0.25) is 9.84 Å². The maximum absolute atomic E-state index is 13.0. The summed E-state index contributed by atoms with van der Waals surface area (Å²) in [6.45, 7) is 0.113. The van der Waals surface area contributed by atoms with Crippen molar-refractivity contribution in [3.05, 3.63) is 88.8 Å². The lowest BCUT2D eigenvalue weighted by molar-refractivity contribution is -0.137. The van der Waals surface area contributed by atoms with E-state index in [2.05, 4.69) is 15.3 Å². The van der Waals surface area contributed by atoms with E-state index in [4.69, 9.17) is 11.6 Å². The monoisotopic (exact) mass is 493 g/mol. The molecule has 0 aliphatic heterocycles. The molecular weight excluding hydrogens is 479 g/mol. The van der Waals surface area contributed by atoms with Gasteiger partial charge in [0.05, 0.1) is 15.4 Å². The Bertz CT molecular complexity index is 1420. The molecule has 33 heavy (non-hydrogen) atoms. The summed E-state index contributed by atoms with van der Waals surface area (Å²) < 4.78 is 64.7. The van der Waals surface area contributed by atoms with Crippen LogP contribution in [0.25, 0.3) is 10.9 Å². The number of aromatic nitrogens is 2. The SMILES string of the molecule is O=C(NCc1ccc(S(=O)(=O)c2cc(Cl)cc(C(F)(F)F)c2)cc1)c1cc2cnccc2[nH]1. The molecule has 0 fully saturated rings. The minimum absolute atomic E-state index is 0.113. The zero-order chi connectivity index (χ0) is 23.8. The highest BCUT2D eigenvalue weighted by atomic mass is 35.5. The smallest absolute Gasteiger partial charge is 0.350 e. The molecule has 0 saturated carbocycles. The summed E-state index contributed by atoms with van der Waals surface area (Å²) in [7, 11) is -4.23. The van der Waals surface area contributed by atoms with Crippen molar-refractivity contribution in [3.63, 3.8) is 0 Å². The third-order valence-corrected chi connectivity index (χ3v) is 6.83. The topological polar surface area (TPSA) is 91.9 Å². The van der Waals surface area contributed by atoms with Crippen molar-refractivity contribution in [2.24, 2.45) is 0 Å². The number of rotatable bonds is 5. The van der Waals surface area contributed by atoms with Gasteiger partial charge >= 0.3 is 6.18 Å². The third-order valence-electron chi connectivity index (χ3n) is 4.86. The number of hydrogen-bond donors (Lipinski definition) is 2.